The predicted molar refractivity (Wildman–Crippen MR) is 67.7 cm³/mol. The van der Waals surface area contributed by atoms with E-state index in [0.717, 1.165) is 0 Å². The maximum atomic E-state index is 11.7. The summed E-state index contributed by atoms with van der Waals surface area (Å²) < 4.78 is 5.09. The Morgan fingerprint density at radius 3 is 2.63 bits per heavy atom. The monoisotopic (exact) mass is 259 g/mol. The molecule has 0 radical (unpaired) electrons. The Labute approximate surface area is 109 Å². The lowest BCUT2D eigenvalue weighted by molar-refractivity contribution is -0.120. The van der Waals surface area contributed by atoms with E-state index in [2.05, 4.69) is 5.32 Å². The van der Waals surface area contributed by atoms with Gasteiger partial charge >= 0.3 is 5.97 Å². The number of nitrogens with one attached hydrogen (secondary N) is 1. The third-order valence-corrected chi connectivity index (χ3v) is 2.64. The molecule has 0 aliphatic heterocycles. The highest BCUT2D eigenvalue weighted by molar-refractivity contribution is 5.91. The number of benzene rings is 1. The van der Waals surface area contributed by atoms with Gasteiger partial charge in [-0.15, -0.1) is 0 Å². The van der Waals surface area contributed by atoms with Crippen LogP contribution in [0.3, 0.4) is 0 Å². The number of carboxylic acids is 1. The van der Waals surface area contributed by atoms with E-state index < -0.39 is 5.97 Å². The second-order valence-corrected chi connectivity index (χ2v) is 4.00. The fourth-order valence-corrected chi connectivity index (χ4v) is 1.72. The van der Waals surface area contributed by atoms with Crippen molar-refractivity contribution in [3.63, 3.8) is 0 Å². The van der Waals surface area contributed by atoms with Crippen molar-refractivity contribution >= 4 is 11.9 Å². The zero-order valence-electron chi connectivity index (χ0n) is 10.1. The summed E-state index contributed by atoms with van der Waals surface area (Å²) in [6.07, 6.45) is 1.56. The normalized spacial score (nSPS) is 10.1. The third kappa shape index (κ3) is 3.45. The fraction of sp³-hybridized carbons (Fsp3) is 0.143. The number of amides is 1. The molecule has 19 heavy (non-hydrogen) atoms. The number of hydrogen-bond acceptors (Lipinski definition) is 3. The van der Waals surface area contributed by atoms with E-state index in [1.165, 1.54) is 12.3 Å². The van der Waals surface area contributed by atoms with E-state index in [4.69, 9.17) is 9.52 Å². The molecule has 98 valence electrons. The highest BCUT2D eigenvalue weighted by Crippen LogP contribution is 2.09. The van der Waals surface area contributed by atoms with Gasteiger partial charge < -0.3 is 14.8 Å². The summed E-state index contributed by atoms with van der Waals surface area (Å²) in [5, 5.41) is 11.7. The average molecular weight is 259 g/mol. The standard InChI is InChI=1S/C14H13NO4/c16-13(15-9-11-5-3-7-19-11)8-10-4-1-2-6-12(10)14(17)18/h1-7H,8-9H2,(H,15,16)(H,17,18). The van der Waals surface area contributed by atoms with Crippen molar-refractivity contribution in [3.05, 3.63) is 59.5 Å². The predicted octanol–water partition coefficient (Wildman–Crippen LogP) is 1.84. The van der Waals surface area contributed by atoms with Crippen molar-refractivity contribution in [2.45, 2.75) is 13.0 Å². The number of carbonyl (C=O) groups is 2. The minimum Gasteiger partial charge on any atom is -0.478 e. The first-order valence-corrected chi connectivity index (χ1v) is 5.77. The van der Waals surface area contributed by atoms with Crippen molar-refractivity contribution < 1.29 is 19.1 Å². The summed E-state index contributed by atoms with van der Waals surface area (Å²) in [4.78, 5) is 22.7. The number of carboxylic acid groups (broad SMARTS) is 1. The molecule has 0 saturated heterocycles. The first-order valence-electron chi connectivity index (χ1n) is 5.77. The van der Waals surface area contributed by atoms with Crippen LogP contribution in [-0.4, -0.2) is 17.0 Å². The molecule has 0 bridgehead atoms. The highest BCUT2D eigenvalue weighted by atomic mass is 16.4. The molecule has 0 atom stereocenters. The second kappa shape index (κ2) is 5.86. The van der Waals surface area contributed by atoms with Gasteiger partial charge in [-0.25, -0.2) is 4.79 Å². The van der Waals surface area contributed by atoms with Crippen LogP contribution in [-0.2, 0) is 17.8 Å². The Bertz CT molecular complexity index is 575. The van der Waals surface area contributed by atoms with Gasteiger partial charge in [0.25, 0.3) is 0 Å². The van der Waals surface area contributed by atoms with E-state index in [1.807, 2.05) is 0 Å². The highest BCUT2D eigenvalue weighted by Gasteiger charge is 2.12. The topological polar surface area (TPSA) is 79.5 Å². The van der Waals surface area contributed by atoms with Crippen LogP contribution in [0, 0.1) is 0 Å². The molecule has 0 unspecified atom stereocenters. The molecule has 0 fully saturated rings. The number of hydrogen-bond donors (Lipinski definition) is 2. The molecule has 2 N–H and O–H groups in total. The molecule has 0 saturated carbocycles. The molecular formula is C14H13NO4. The molecule has 0 aliphatic carbocycles. The van der Waals surface area contributed by atoms with Crippen molar-refractivity contribution in [1.82, 2.24) is 5.32 Å². The molecule has 1 aromatic heterocycles. The molecule has 1 heterocycles. The van der Waals surface area contributed by atoms with E-state index in [-0.39, 0.29) is 17.9 Å². The average Bonchev–Trinajstić information content (AvgIpc) is 2.90. The summed E-state index contributed by atoms with van der Waals surface area (Å²) in [5.41, 5.74) is 0.641. The van der Waals surface area contributed by atoms with Crippen molar-refractivity contribution in [3.8, 4) is 0 Å². The van der Waals surface area contributed by atoms with E-state index >= 15 is 0 Å². The molecule has 1 amide bonds. The van der Waals surface area contributed by atoms with Crippen LogP contribution in [0.1, 0.15) is 21.7 Å². The summed E-state index contributed by atoms with van der Waals surface area (Å²) in [7, 11) is 0. The van der Waals surface area contributed by atoms with Crippen molar-refractivity contribution in [2.75, 3.05) is 0 Å². The summed E-state index contributed by atoms with van der Waals surface area (Å²) in [6, 6.07) is 9.95. The quantitative estimate of drug-likeness (QED) is 0.858. The molecule has 2 aromatic rings. The van der Waals surface area contributed by atoms with Gasteiger partial charge in [0.05, 0.1) is 24.8 Å². The lowest BCUT2D eigenvalue weighted by atomic mass is 10.0. The maximum Gasteiger partial charge on any atom is 0.335 e. The minimum atomic E-state index is -1.03. The summed E-state index contributed by atoms with van der Waals surface area (Å²) in [6.45, 7) is 0.293. The van der Waals surface area contributed by atoms with Gasteiger partial charge in [-0.2, -0.15) is 0 Å². The zero-order chi connectivity index (χ0) is 13.7. The smallest absolute Gasteiger partial charge is 0.335 e. The van der Waals surface area contributed by atoms with Crippen LogP contribution < -0.4 is 5.32 Å². The SMILES string of the molecule is O=C(Cc1ccccc1C(=O)O)NCc1ccco1. The number of aromatic carboxylic acids is 1. The van der Waals surface area contributed by atoms with E-state index in [0.29, 0.717) is 17.9 Å². The first-order chi connectivity index (χ1) is 9.16. The largest absolute Gasteiger partial charge is 0.478 e. The van der Waals surface area contributed by atoms with Gasteiger partial charge in [-0.05, 0) is 23.8 Å². The van der Waals surface area contributed by atoms with Crippen molar-refractivity contribution in [2.24, 2.45) is 0 Å². The Kier molecular flexibility index (Phi) is 3.97. The first kappa shape index (κ1) is 12.9. The van der Waals surface area contributed by atoms with Crippen LogP contribution in [0.2, 0.25) is 0 Å². The molecule has 5 nitrogen and oxygen atoms in total. The van der Waals surface area contributed by atoms with Crippen LogP contribution in [0.4, 0.5) is 0 Å². The van der Waals surface area contributed by atoms with Gasteiger partial charge in [0.2, 0.25) is 5.91 Å². The maximum absolute atomic E-state index is 11.7. The lowest BCUT2D eigenvalue weighted by Crippen LogP contribution is -2.25. The Hall–Kier alpha value is -2.56. The third-order valence-electron chi connectivity index (χ3n) is 2.64. The number of rotatable bonds is 5. The van der Waals surface area contributed by atoms with Crippen LogP contribution in [0.5, 0.6) is 0 Å². The molecule has 0 spiro atoms. The summed E-state index contributed by atoms with van der Waals surface area (Å²) >= 11 is 0. The molecule has 0 aliphatic rings. The Balaban J connectivity index is 1.97. The summed E-state index contributed by atoms with van der Waals surface area (Å²) in [5.74, 6) is -0.626. The Morgan fingerprint density at radius 1 is 1.16 bits per heavy atom. The van der Waals surface area contributed by atoms with Crippen molar-refractivity contribution in [1.29, 1.82) is 0 Å². The fourth-order valence-electron chi connectivity index (χ4n) is 1.72. The molecular weight excluding hydrogens is 246 g/mol. The number of carbonyl (C=O) groups excluding carboxylic acids is 1. The van der Waals surface area contributed by atoms with E-state index in [1.54, 1.807) is 30.3 Å². The Morgan fingerprint density at radius 2 is 1.95 bits per heavy atom. The molecule has 5 heteroatoms. The van der Waals surface area contributed by atoms with Gasteiger partial charge in [0.15, 0.2) is 0 Å². The van der Waals surface area contributed by atoms with Crippen LogP contribution >= 0.6 is 0 Å². The van der Waals surface area contributed by atoms with Crippen LogP contribution in [0.15, 0.2) is 47.1 Å². The zero-order valence-corrected chi connectivity index (χ0v) is 10.1. The second-order valence-electron chi connectivity index (χ2n) is 4.00. The van der Waals surface area contributed by atoms with Gasteiger partial charge in [-0.1, -0.05) is 18.2 Å². The minimum absolute atomic E-state index is 0.0309. The van der Waals surface area contributed by atoms with Crippen LogP contribution in [0.25, 0.3) is 0 Å². The molecule has 1 aromatic carbocycles. The molecule has 2 rings (SSSR count). The number of furan rings is 1. The van der Waals surface area contributed by atoms with Gasteiger partial charge in [-0.3, -0.25) is 4.79 Å². The van der Waals surface area contributed by atoms with Gasteiger partial charge in [0, 0.05) is 0 Å². The van der Waals surface area contributed by atoms with Gasteiger partial charge in [0.1, 0.15) is 5.76 Å². The lowest BCUT2D eigenvalue weighted by Gasteiger charge is -2.06. The van der Waals surface area contributed by atoms with E-state index in [9.17, 15) is 9.59 Å².